The third-order valence-electron chi connectivity index (χ3n) is 4.29. The second-order valence-electron chi connectivity index (χ2n) is 6.35. The van der Waals surface area contributed by atoms with Crippen LogP contribution in [-0.4, -0.2) is 22.9 Å². The van der Waals surface area contributed by atoms with Gasteiger partial charge < -0.3 is 4.57 Å². The summed E-state index contributed by atoms with van der Waals surface area (Å²) in [5, 5.41) is 16.9. The van der Waals surface area contributed by atoms with E-state index in [-0.39, 0.29) is 15.8 Å². The van der Waals surface area contributed by atoms with Gasteiger partial charge in [-0.05, 0) is 37.1 Å². The summed E-state index contributed by atoms with van der Waals surface area (Å²) in [6.45, 7) is 4.72. The molecule has 3 rings (SSSR count). The number of non-ortho nitro benzene ring substituents is 1. The molecule has 2 N–H and O–H groups in total. The normalized spacial score (nSPS) is 13.0. The summed E-state index contributed by atoms with van der Waals surface area (Å²) >= 11 is 1.47. The van der Waals surface area contributed by atoms with Crippen LogP contribution in [0.4, 0.5) is 5.69 Å². The van der Waals surface area contributed by atoms with Gasteiger partial charge in [0.05, 0.1) is 20.9 Å². The first-order chi connectivity index (χ1) is 13.2. The highest BCUT2D eigenvalue weighted by Crippen LogP contribution is 2.37. The van der Waals surface area contributed by atoms with Gasteiger partial charge in [0, 0.05) is 23.9 Å². The minimum atomic E-state index is -3.81. The predicted octanol–water partition coefficient (Wildman–Crippen LogP) is 3.86. The van der Waals surface area contributed by atoms with E-state index in [0.717, 1.165) is 29.2 Å². The van der Waals surface area contributed by atoms with E-state index in [1.54, 1.807) is 18.2 Å². The molecule has 0 radical (unpaired) electrons. The fourth-order valence-corrected chi connectivity index (χ4v) is 4.51. The number of imidazole rings is 1. The largest absolute Gasteiger partial charge is 0.319 e. The molecule has 148 valence electrons. The Bertz CT molecular complexity index is 1140. The molecule has 10 heteroatoms. The van der Waals surface area contributed by atoms with Crippen LogP contribution in [0, 0.1) is 10.1 Å². The summed E-state index contributed by atoms with van der Waals surface area (Å²) in [5.74, 6) is 0. The van der Waals surface area contributed by atoms with Crippen molar-refractivity contribution in [2.75, 3.05) is 0 Å². The van der Waals surface area contributed by atoms with Crippen LogP contribution in [0.2, 0.25) is 0 Å². The number of primary sulfonamides is 1. The van der Waals surface area contributed by atoms with E-state index < -0.39 is 14.9 Å². The quantitative estimate of drug-likeness (QED) is 0.352. The molecule has 2 aromatic carbocycles. The molecular weight excluding hydrogens is 400 g/mol. The molecule has 1 heterocycles. The topological polar surface area (TPSA) is 121 Å². The monoisotopic (exact) mass is 420 g/mol. The van der Waals surface area contributed by atoms with Crippen LogP contribution in [-0.2, 0) is 16.6 Å². The first kappa shape index (κ1) is 20.3. The Labute approximate surface area is 167 Å². The molecule has 0 aliphatic heterocycles. The molecule has 28 heavy (non-hydrogen) atoms. The molecule has 8 nitrogen and oxygen atoms in total. The van der Waals surface area contributed by atoms with E-state index in [1.165, 1.54) is 30.0 Å². The maximum Gasteiger partial charge on any atom is 0.269 e. The third kappa shape index (κ3) is 4.18. The summed E-state index contributed by atoms with van der Waals surface area (Å²) in [6.07, 6.45) is 0.876. The first-order valence-electron chi connectivity index (χ1n) is 8.64. The van der Waals surface area contributed by atoms with E-state index in [1.807, 2.05) is 24.5 Å². The molecule has 0 amide bonds. The number of aryl methyl sites for hydroxylation is 1. The summed E-state index contributed by atoms with van der Waals surface area (Å²) in [6, 6.07) is 11.2. The minimum absolute atomic E-state index is 0.0180. The minimum Gasteiger partial charge on any atom is -0.319 e. The lowest BCUT2D eigenvalue weighted by Crippen LogP contribution is -2.11. The predicted molar refractivity (Wildman–Crippen MR) is 109 cm³/mol. The molecule has 1 atom stereocenters. The Morgan fingerprint density at radius 2 is 2.04 bits per heavy atom. The summed E-state index contributed by atoms with van der Waals surface area (Å²) in [5.41, 5.74) is 2.24. The standard InChI is InChI=1S/C18H20N4O4S2/c1-3-9-21-17-8-7-15(28(19,25)26)11-16(17)20-18(21)27-12(2)13-5-4-6-14(10-13)22(23)24/h4-8,10-12H,3,9H2,1-2H3,(H2,19,25,26). The van der Waals surface area contributed by atoms with Gasteiger partial charge in [-0.25, -0.2) is 18.5 Å². The van der Waals surface area contributed by atoms with Crippen molar-refractivity contribution >= 4 is 38.5 Å². The van der Waals surface area contributed by atoms with Crippen LogP contribution in [0.25, 0.3) is 11.0 Å². The maximum absolute atomic E-state index is 11.6. The van der Waals surface area contributed by atoms with Gasteiger partial charge in [0.2, 0.25) is 10.0 Å². The third-order valence-corrected chi connectivity index (χ3v) is 6.35. The van der Waals surface area contributed by atoms with Crippen LogP contribution >= 0.6 is 11.8 Å². The smallest absolute Gasteiger partial charge is 0.269 e. The SMILES string of the molecule is CCCn1c(SC(C)c2cccc([N+](=O)[O-])c2)nc2cc(S(N)(=O)=O)ccc21. The van der Waals surface area contributed by atoms with Gasteiger partial charge in [-0.3, -0.25) is 10.1 Å². The van der Waals surface area contributed by atoms with Crippen molar-refractivity contribution < 1.29 is 13.3 Å². The van der Waals surface area contributed by atoms with Crippen LogP contribution in [0.15, 0.2) is 52.5 Å². The Balaban J connectivity index is 2.00. The molecule has 1 aromatic heterocycles. The Hall–Kier alpha value is -2.43. The molecule has 3 aromatic rings. The molecule has 0 fully saturated rings. The number of nitrogens with two attached hydrogens (primary N) is 1. The van der Waals surface area contributed by atoms with Gasteiger partial charge in [-0.15, -0.1) is 0 Å². The van der Waals surface area contributed by atoms with Gasteiger partial charge in [-0.2, -0.15) is 0 Å². The van der Waals surface area contributed by atoms with Crippen molar-refractivity contribution in [1.29, 1.82) is 0 Å². The van der Waals surface area contributed by atoms with Gasteiger partial charge in [0.1, 0.15) is 0 Å². The lowest BCUT2D eigenvalue weighted by atomic mass is 10.1. The molecule has 0 bridgehead atoms. The molecule has 0 saturated carbocycles. The lowest BCUT2D eigenvalue weighted by Gasteiger charge is -2.13. The second kappa shape index (κ2) is 7.90. The number of fused-ring (bicyclic) bond motifs is 1. The number of aromatic nitrogens is 2. The van der Waals surface area contributed by atoms with Crippen molar-refractivity contribution in [3.05, 3.63) is 58.1 Å². The molecule has 0 saturated heterocycles. The molecule has 1 unspecified atom stereocenters. The van der Waals surface area contributed by atoms with Gasteiger partial charge in [0.25, 0.3) is 5.69 Å². The number of nitro benzene ring substituents is 1. The van der Waals surface area contributed by atoms with Crippen molar-refractivity contribution in [2.24, 2.45) is 5.14 Å². The Morgan fingerprint density at radius 1 is 1.29 bits per heavy atom. The highest BCUT2D eigenvalue weighted by molar-refractivity contribution is 7.99. The lowest BCUT2D eigenvalue weighted by molar-refractivity contribution is -0.384. The average Bonchev–Trinajstić information content (AvgIpc) is 2.98. The highest BCUT2D eigenvalue weighted by Gasteiger charge is 2.18. The number of hydrogen-bond acceptors (Lipinski definition) is 6. The molecule has 0 aliphatic rings. The summed E-state index contributed by atoms with van der Waals surface area (Å²) in [7, 11) is -3.81. The molecule has 0 spiro atoms. The number of nitrogens with zero attached hydrogens (tertiary/aromatic N) is 3. The van der Waals surface area contributed by atoms with E-state index in [4.69, 9.17) is 5.14 Å². The fourth-order valence-electron chi connectivity index (χ4n) is 2.91. The summed E-state index contributed by atoms with van der Waals surface area (Å²) in [4.78, 5) is 15.2. The number of rotatable bonds is 7. The van der Waals surface area contributed by atoms with Crippen molar-refractivity contribution in [2.45, 2.75) is 42.1 Å². The second-order valence-corrected chi connectivity index (χ2v) is 9.22. The van der Waals surface area contributed by atoms with E-state index in [9.17, 15) is 18.5 Å². The number of nitro groups is 1. The Kier molecular flexibility index (Phi) is 5.73. The van der Waals surface area contributed by atoms with Crippen LogP contribution in [0.5, 0.6) is 0 Å². The van der Waals surface area contributed by atoms with Crippen molar-refractivity contribution in [3.63, 3.8) is 0 Å². The Morgan fingerprint density at radius 3 is 2.68 bits per heavy atom. The van der Waals surface area contributed by atoms with Crippen LogP contribution < -0.4 is 5.14 Å². The fraction of sp³-hybridized carbons (Fsp3) is 0.278. The number of benzene rings is 2. The highest BCUT2D eigenvalue weighted by atomic mass is 32.2. The van der Waals surface area contributed by atoms with Crippen molar-refractivity contribution in [3.8, 4) is 0 Å². The van der Waals surface area contributed by atoms with Crippen LogP contribution in [0.1, 0.15) is 31.1 Å². The molecule has 0 aliphatic carbocycles. The number of hydrogen-bond donors (Lipinski definition) is 1. The van der Waals surface area contributed by atoms with Crippen LogP contribution in [0.3, 0.4) is 0 Å². The van der Waals surface area contributed by atoms with Gasteiger partial charge >= 0.3 is 0 Å². The molecular formula is C18H20N4O4S2. The number of sulfonamides is 1. The first-order valence-corrected chi connectivity index (χ1v) is 11.1. The number of thioether (sulfide) groups is 1. The zero-order chi connectivity index (χ0) is 20.5. The zero-order valence-corrected chi connectivity index (χ0v) is 17.0. The van der Waals surface area contributed by atoms with Crippen molar-refractivity contribution in [1.82, 2.24) is 9.55 Å². The van der Waals surface area contributed by atoms with E-state index in [2.05, 4.69) is 4.98 Å². The average molecular weight is 421 g/mol. The summed E-state index contributed by atoms with van der Waals surface area (Å²) < 4.78 is 25.3. The van der Waals surface area contributed by atoms with E-state index in [0.29, 0.717) is 5.52 Å². The van der Waals surface area contributed by atoms with E-state index >= 15 is 0 Å². The van der Waals surface area contributed by atoms with Gasteiger partial charge in [0.15, 0.2) is 5.16 Å². The van der Waals surface area contributed by atoms with Gasteiger partial charge in [-0.1, -0.05) is 30.8 Å². The zero-order valence-electron chi connectivity index (χ0n) is 15.4. The maximum atomic E-state index is 11.6.